The van der Waals surface area contributed by atoms with E-state index in [1.165, 1.54) is 18.2 Å². The second-order valence-corrected chi connectivity index (χ2v) is 5.06. The minimum Gasteiger partial charge on any atom is -0.375 e. The van der Waals surface area contributed by atoms with Gasteiger partial charge in [-0.25, -0.2) is 0 Å². The fourth-order valence-corrected chi connectivity index (χ4v) is 1.96. The summed E-state index contributed by atoms with van der Waals surface area (Å²) >= 11 is 0. The molecule has 110 valence electrons. The summed E-state index contributed by atoms with van der Waals surface area (Å²) in [6, 6.07) is 4.06. The molecule has 1 amide bonds. The maximum Gasteiger partial charge on any atom is 0.293 e. The van der Waals surface area contributed by atoms with Gasteiger partial charge in [-0.3, -0.25) is 14.9 Å². The summed E-state index contributed by atoms with van der Waals surface area (Å²) in [5.41, 5.74) is 11.1. The molecule has 1 aromatic rings. The lowest BCUT2D eigenvalue weighted by Gasteiger charge is -2.20. The lowest BCUT2D eigenvalue weighted by Crippen LogP contribution is -2.30. The molecule has 0 aromatic heterocycles. The quantitative estimate of drug-likeness (QED) is 0.515. The number of benzene rings is 1. The smallest absolute Gasteiger partial charge is 0.293 e. The zero-order valence-corrected chi connectivity index (χ0v) is 11.6. The molecule has 0 fully saturated rings. The molecule has 0 radical (unpaired) electrons. The molecule has 0 aliphatic heterocycles. The van der Waals surface area contributed by atoms with Crippen LogP contribution in [0.5, 0.6) is 0 Å². The van der Waals surface area contributed by atoms with Crippen LogP contribution in [0.25, 0.3) is 0 Å². The summed E-state index contributed by atoms with van der Waals surface area (Å²) in [4.78, 5) is 21.6. The van der Waals surface area contributed by atoms with Crippen LogP contribution in [-0.2, 0) is 0 Å². The van der Waals surface area contributed by atoms with Gasteiger partial charge in [-0.15, -0.1) is 0 Å². The third kappa shape index (κ3) is 4.20. The molecule has 7 nitrogen and oxygen atoms in total. The summed E-state index contributed by atoms with van der Waals surface area (Å²) in [5.74, 6) is -0.280. The summed E-state index contributed by atoms with van der Waals surface area (Å²) in [6.45, 7) is 4.47. The summed E-state index contributed by atoms with van der Waals surface area (Å²) in [5, 5.41) is 14.1. The molecule has 1 unspecified atom stereocenters. The van der Waals surface area contributed by atoms with Gasteiger partial charge in [0, 0.05) is 24.2 Å². The van der Waals surface area contributed by atoms with Crippen molar-refractivity contribution >= 4 is 17.3 Å². The van der Waals surface area contributed by atoms with Crippen molar-refractivity contribution < 1.29 is 9.72 Å². The first-order valence-corrected chi connectivity index (χ1v) is 6.40. The predicted molar refractivity (Wildman–Crippen MR) is 77.5 cm³/mol. The number of hydrogen-bond acceptors (Lipinski definition) is 5. The van der Waals surface area contributed by atoms with E-state index in [2.05, 4.69) is 19.2 Å². The fourth-order valence-electron chi connectivity index (χ4n) is 1.96. The Hall–Kier alpha value is -2.15. The van der Waals surface area contributed by atoms with Crippen LogP contribution in [0.4, 0.5) is 11.4 Å². The molecule has 0 spiro atoms. The van der Waals surface area contributed by atoms with Gasteiger partial charge >= 0.3 is 0 Å². The van der Waals surface area contributed by atoms with Crippen molar-refractivity contribution in [2.45, 2.75) is 26.3 Å². The first kappa shape index (κ1) is 15.9. The molecular weight excluding hydrogens is 260 g/mol. The molecule has 1 atom stereocenters. The van der Waals surface area contributed by atoms with Gasteiger partial charge in [-0.1, -0.05) is 13.8 Å². The topological polar surface area (TPSA) is 124 Å². The van der Waals surface area contributed by atoms with Crippen LogP contribution in [-0.4, -0.2) is 23.4 Å². The Bertz CT molecular complexity index is 502. The molecule has 5 N–H and O–H groups in total. The highest BCUT2D eigenvalue weighted by Gasteiger charge is 2.19. The van der Waals surface area contributed by atoms with Gasteiger partial charge in [-0.2, -0.15) is 0 Å². The van der Waals surface area contributed by atoms with E-state index in [0.717, 1.165) is 6.42 Å². The second kappa shape index (κ2) is 6.85. The van der Waals surface area contributed by atoms with Crippen LogP contribution in [0.1, 0.15) is 30.6 Å². The number of nitro groups is 1. The van der Waals surface area contributed by atoms with E-state index in [4.69, 9.17) is 11.5 Å². The summed E-state index contributed by atoms with van der Waals surface area (Å²) < 4.78 is 0. The van der Waals surface area contributed by atoms with Crippen LogP contribution in [0.3, 0.4) is 0 Å². The van der Waals surface area contributed by atoms with Gasteiger partial charge in [0.1, 0.15) is 5.69 Å². The zero-order chi connectivity index (χ0) is 15.3. The largest absolute Gasteiger partial charge is 0.375 e. The van der Waals surface area contributed by atoms with Gasteiger partial charge in [-0.05, 0) is 24.5 Å². The maximum absolute atomic E-state index is 11.1. The number of amides is 1. The number of hydrogen-bond donors (Lipinski definition) is 3. The summed E-state index contributed by atoms with van der Waals surface area (Å²) in [7, 11) is 0. The van der Waals surface area contributed by atoms with Crippen molar-refractivity contribution in [2.24, 2.45) is 17.4 Å². The van der Waals surface area contributed by atoms with E-state index >= 15 is 0 Å². The molecule has 20 heavy (non-hydrogen) atoms. The van der Waals surface area contributed by atoms with E-state index in [9.17, 15) is 14.9 Å². The molecule has 0 aliphatic carbocycles. The zero-order valence-electron chi connectivity index (χ0n) is 11.6. The molecule has 0 aliphatic rings. The average molecular weight is 280 g/mol. The first-order chi connectivity index (χ1) is 9.35. The van der Waals surface area contributed by atoms with Gasteiger partial charge in [0.15, 0.2) is 0 Å². The lowest BCUT2D eigenvalue weighted by atomic mass is 10.0. The number of nitro benzene ring substituents is 1. The Morgan fingerprint density at radius 2 is 2.10 bits per heavy atom. The van der Waals surface area contributed by atoms with Crippen LogP contribution >= 0.6 is 0 Å². The van der Waals surface area contributed by atoms with E-state index in [0.29, 0.717) is 18.2 Å². The lowest BCUT2D eigenvalue weighted by molar-refractivity contribution is -0.384. The minimum atomic E-state index is -0.697. The number of carbonyl (C=O) groups is 1. The molecule has 0 heterocycles. The van der Waals surface area contributed by atoms with Crippen LogP contribution in [0.15, 0.2) is 18.2 Å². The summed E-state index contributed by atoms with van der Waals surface area (Å²) in [6.07, 6.45) is 0.797. The Labute approximate surface area is 117 Å². The van der Waals surface area contributed by atoms with Gasteiger partial charge in [0.05, 0.1) is 4.92 Å². The number of anilines is 1. The van der Waals surface area contributed by atoms with Crippen molar-refractivity contribution in [3.63, 3.8) is 0 Å². The van der Waals surface area contributed by atoms with E-state index in [1.54, 1.807) is 0 Å². The normalized spacial score (nSPS) is 12.2. The minimum absolute atomic E-state index is 0.0619. The first-order valence-electron chi connectivity index (χ1n) is 6.40. The Morgan fingerprint density at radius 1 is 1.45 bits per heavy atom. The highest BCUT2D eigenvalue weighted by molar-refractivity contribution is 5.94. The molecule has 7 heteroatoms. The highest BCUT2D eigenvalue weighted by atomic mass is 16.6. The standard InChI is InChI=1S/C13H20N4O3/c1-8(2)5-10(7-14)16-11-4-3-9(13(15)18)6-12(11)17(19)20/h3-4,6,8,10,16H,5,7,14H2,1-2H3,(H2,15,18). The monoisotopic (exact) mass is 280 g/mol. The Kier molecular flexibility index (Phi) is 5.45. The number of primary amides is 1. The van der Waals surface area contributed by atoms with Gasteiger partial charge in [0.25, 0.3) is 5.69 Å². The second-order valence-electron chi connectivity index (χ2n) is 5.06. The molecule has 0 saturated heterocycles. The van der Waals surface area contributed by atoms with Gasteiger partial charge < -0.3 is 16.8 Å². The fraction of sp³-hybridized carbons (Fsp3) is 0.462. The number of rotatable bonds is 7. The third-order valence-corrected chi connectivity index (χ3v) is 2.88. The van der Waals surface area contributed by atoms with Crippen LogP contribution in [0.2, 0.25) is 0 Å². The van der Waals surface area contributed by atoms with Crippen molar-refractivity contribution in [2.75, 3.05) is 11.9 Å². The third-order valence-electron chi connectivity index (χ3n) is 2.88. The number of nitrogens with two attached hydrogens (primary N) is 2. The molecule has 0 saturated carbocycles. The van der Waals surface area contributed by atoms with E-state index in [1.807, 2.05) is 0 Å². The molecule has 1 rings (SSSR count). The molecular formula is C13H20N4O3. The molecule has 0 bridgehead atoms. The number of carbonyl (C=O) groups excluding carboxylic acids is 1. The highest BCUT2D eigenvalue weighted by Crippen LogP contribution is 2.26. The van der Waals surface area contributed by atoms with E-state index < -0.39 is 10.8 Å². The predicted octanol–water partition coefficient (Wildman–Crippen LogP) is 1.48. The Morgan fingerprint density at radius 3 is 2.55 bits per heavy atom. The van der Waals surface area contributed by atoms with Crippen molar-refractivity contribution in [3.05, 3.63) is 33.9 Å². The average Bonchev–Trinajstić information content (AvgIpc) is 2.37. The Balaban J connectivity index is 3.04. The van der Waals surface area contributed by atoms with Crippen LogP contribution < -0.4 is 16.8 Å². The van der Waals surface area contributed by atoms with Crippen molar-refractivity contribution in [1.82, 2.24) is 0 Å². The molecule has 1 aromatic carbocycles. The number of nitrogens with zero attached hydrogens (tertiary/aromatic N) is 1. The van der Waals surface area contributed by atoms with E-state index in [-0.39, 0.29) is 17.3 Å². The van der Waals surface area contributed by atoms with Crippen molar-refractivity contribution in [1.29, 1.82) is 0 Å². The van der Waals surface area contributed by atoms with Gasteiger partial charge in [0.2, 0.25) is 5.91 Å². The SMILES string of the molecule is CC(C)CC(CN)Nc1ccc(C(N)=O)cc1[N+](=O)[O-]. The van der Waals surface area contributed by atoms with Crippen molar-refractivity contribution in [3.8, 4) is 0 Å². The van der Waals surface area contributed by atoms with Crippen LogP contribution in [0, 0.1) is 16.0 Å². The number of nitrogens with one attached hydrogen (secondary N) is 1. The maximum atomic E-state index is 11.1.